The van der Waals surface area contributed by atoms with Gasteiger partial charge in [-0.25, -0.2) is 0 Å². The van der Waals surface area contributed by atoms with Crippen LogP contribution in [0.5, 0.6) is 0 Å². The summed E-state index contributed by atoms with van der Waals surface area (Å²) in [5.41, 5.74) is 0.239. The van der Waals surface area contributed by atoms with Gasteiger partial charge in [-0.1, -0.05) is 30.7 Å². The molecule has 1 heterocycles. The molecule has 0 bridgehead atoms. The van der Waals surface area contributed by atoms with Crippen molar-refractivity contribution in [1.82, 2.24) is 5.32 Å². The first kappa shape index (κ1) is 10.9. The van der Waals surface area contributed by atoms with Crippen LogP contribution < -0.4 is 5.32 Å². The molecule has 0 saturated carbocycles. The predicted molar refractivity (Wildman–Crippen MR) is 62.0 cm³/mol. The molecule has 0 radical (unpaired) electrons. The van der Waals surface area contributed by atoms with Gasteiger partial charge < -0.3 is 10.4 Å². The van der Waals surface area contributed by atoms with Crippen LogP contribution in [0.4, 0.5) is 0 Å². The molecule has 2 atom stereocenters. The van der Waals surface area contributed by atoms with Crippen molar-refractivity contribution in [2.75, 3.05) is 6.54 Å². The highest BCUT2D eigenvalue weighted by Crippen LogP contribution is 2.34. The molecule has 2 rings (SSSR count). The number of halogens is 1. The average Bonchev–Trinajstić information content (AvgIpc) is 2.61. The first-order valence-electron chi connectivity index (χ1n) is 5.38. The Kier molecular flexibility index (Phi) is 3.01. The Balaban J connectivity index is 2.32. The third kappa shape index (κ3) is 1.89. The summed E-state index contributed by atoms with van der Waals surface area (Å²) in [6.45, 7) is 2.96. The Hall–Kier alpha value is -0.570. The summed E-state index contributed by atoms with van der Waals surface area (Å²) < 4.78 is 0. The quantitative estimate of drug-likeness (QED) is 0.810. The van der Waals surface area contributed by atoms with Crippen LogP contribution in [0.1, 0.15) is 25.3 Å². The lowest BCUT2D eigenvalue weighted by Gasteiger charge is -2.29. The third-order valence-corrected chi connectivity index (χ3v) is 3.48. The summed E-state index contributed by atoms with van der Waals surface area (Å²) in [6.07, 6.45) is 1.70. The zero-order valence-corrected chi connectivity index (χ0v) is 9.59. The van der Waals surface area contributed by atoms with E-state index in [4.69, 9.17) is 11.6 Å². The molecule has 2 N–H and O–H groups in total. The van der Waals surface area contributed by atoms with Gasteiger partial charge in [-0.05, 0) is 37.1 Å². The van der Waals surface area contributed by atoms with Gasteiger partial charge in [0.15, 0.2) is 0 Å². The van der Waals surface area contributed by atoms with Gasteiger partial charge in [0.1, 0.15) is 5.60 Å². The minimum atomic E-state index is -0.723. The third-order valence-electron chi connectivity index (χ3n) is 3.23. The van der Waals surface area contributed by atoms with Crippen LogP contribution in [-0.4, -0.2) is 17.7 Å². The molecule has 3 heteroatoms. The van der Waals surface area contributed by atoms with E-state index in [0.29, 0.717) is 5.02 Å². The van der Waals surface area contributed by atoms with Crippen LogP contribution in [0.15, 0.2) is 24.3 Å². The maximum Gasteiger partial charge on any atom is 0.106 e. The van der Waals surface area contributed by atoms with E-state index in [-0.39, 0.29) is 6.04 Å². The molecule has 1 aliphatic rings. The van der Waals surface area contributed by atoms with Crippen molar-refractivity contribution in [3.63, 3.8) is 0 Å². The van der Waals surface area contributed by atoms with Gasteiger partial charge in [0, 0.05) is 11.1 Å². The normalized spacial score (nSPS) is 30.7. The highest BCUT2D eigenvalue weighted by Gasteiger charge is 2.41. The zero-order chi connectivity index (χ0) is 10.9. The van der Waals surface area contributed by atoms with E-state index in [9.17, 15) is 5.11 Å². The Morgan fingerprint density at radius 1 is 1.47 bits per heavy atom. The van der Waals surface area contributed by atoms with Gasteiger partial charge in [-0.15, -0.1) is 0 Å². The molecule has 1 aromatic carbocycles. The van der Waals surface area contributed by atoms with Crippen molar-refractivity contribution < 1.29 is 5.11 Å². The first-order chi connectivity index (χ1) is 7.16. The van der Waals surface area contributed by atoms with Crippen molar-refractivity contribution in [3.05, 3.63) is 34.9 Å². The lowest BCUT2D eigenvalue weighted by atomic mass is 9.85. The van der Waals surface area contributed by atoms with E-state index in [1.165, 1.54) is 0 Å². The van der Waals surface area contributed by atoms with Gasteiger partial charge in [-0.2, -0.15) is 0 Å². The molecule has 15 heavy (non-hydrogen) atoms. The van der Waals surface area contributed by atoms with Crippen LogP contribution in [-0.2, 0) is 5.60 Å². The summed E-state index contributed by atoms with van der Waals surface area (Å²) >= 11 is 5.84. The Bertz CT molecular complexity index is 338. The fourth-order valence-corrected chi connectivity index (χ4v) is 2.47. The van der Waals surface area contributed by atoms with E-state index in [1.54, 1.807) is 0 Å². The van der Waals surface area contributed by atoms with Crippen LogP contribution in [0, 0.1) is 0 Å². The monoisotopic (exact) mass is 225 g/mol. The van der Waals surface area contributed by atoms with Crippen molar-refractivity contribution in [3.8, 4) is 0 Å². The molecule has 0 aromatic heterocycles. The second-order valence-electron chi connectivity index (χ2n) is 4.10. The number of rotatable bonds is 2. The Morgan fingerprint density at radius 3 is 2.73 bits per heavy atom. The van der Waals surface area contributed by atoms with Crippen LogP contribution in [0.3, 0.4) is 0 Å². The Morgan fingerprint density at radius 2 is 2.13 bits per heavy atom. The molecule has 0 amide bonds. The maximum absolute atomic E-state index is 10.6. The molecule has 1 aliphatic heterocycles. The molecule has 1 saturated heterocycles. The second kappa shape index (κ2) is 4.12. The first-order valence-corrected chi connectivity index (χ1v) is 5.76. The topological polar surface area (TPSA) is 32.3 Å². The molecule has 0 aliphatic carbocycles. The maximum atomic E-state index is 10.6. The van der Waals surface area contributed by atoms with Crippen molar-refractivity contribution >= 4 is 11.6 Å². The minimum absolute atomic E-state index is 0.152. The van der Waals surface area contributed by atoms with Gasteiger partial charge >= 0.3 is 0 Å². The summed E-state index contributed by atoms with van der Waals surface area (Å²) in [5.74, 6) is 0. The molecular formula is C12H16ClNO. The van der Waals surface area contributed by atoms with Gasteiger partial charge in [-0.3, -0.25) is 0 Å². The van der Waals surface area contributed by atoms with Crippen LogP contribution in [0.2, 0.25) is 5.02 Å². The molecular weight excluding hydrogens is 210 g/mol. The fraction of sp³-hybridized carbons (Fsp3) is 0.500. The molecule has 2 nitrogen and oxygen atoms in total. The zero-order valence-electron chi connectivity index (χ0n) is 8.83. The fourth-order valence-electron chi connectivity index (χ4n) is 2.35. The summed E-state index contributed by atoms with van der Waals surface area (Å²) in [6, 6.07) is 7.65. The SMILES string of the molecule is CCC1NCCC1(O)c1ccc(Cl)cc1. The second-order valence-corrected chi connectivity index (χ2v) is 4.53. The van der Waals surface area contributed by atoms with E-state index >= 15 is 0 Å². The molecule has 0 spiro atoms. The summed E-state index contributed by atoms with van der Waals surface area (Å²) in [4.78, 5) is 0. The molecule has 82 valence electrons. The lowest BCUT2D eigenvalue weighted by Crippen LogP contribution is -2.39. The van der Waals surface area contributed by atoms with E-state index in [2.05, 4.69) is 12.2 Å². The van der Waals surface area contributed by atoms with E-state index < -0.39 is 5.60 Å². The van der Waals surface area contributed by atoms with Crippen molar-refractivity contribution in [2.24, 2.45) is 0 Å². The van der Waals surface area contributed by atoms with E-state index in [0.717, 1.165) is 24.9 Å². The predicted octanol–water partition coefficient (Wildman–Crippen LogP) is 2.30. The van der Waals surface area contributed by atoms with Crippen LogP contribution >= 0.6 is 11.6 Å². The summed E-state index contributed by atoms with van der Waals surface area (Å²) in [5, 5.41) is 14.6. The van der Waals surface area contributed by atoms with Crippen LogP contribution in [0.25, 0.3) is 0 Å². The summed E-state index contributed by atoms with van der Waals surface area (Å²) in [7, 11) is 0. The largest absolute Gasteiger partial charge is 0.383 e. The molecule has 1 fully saturated rings. The number of hydrogen-bond acceptors (Lipinski definition) is 2. The van der Waals surface area contributed by atoms with Gasteiger partial charge in [0.2, 0.25) is 0 Å². The average molecular weight is 226 g/mol. The lowest BCUT2D eigenvalue weighted by molar-refractivity contribution is 0.0225. The van der Waals surface area contributed by atoms with Crippen molar-refractivity contribution in [1.29, 1.82) is 0 Å². The minimum Gasteiger partial charge on any atom is -0.383 e. The number of aliphatic hydroxyl groups is 1. The number of nitrogens with one attached hydrogen (secondary N) is 1. The highest BCUT2D eigenvalue weighted by atomic mass is 35.5. The molecule has 2 unspecified atom stereocenters. The highest BCUT2D eigenvalue weighted by molar-refractivity contribution is 6.30. The number of benzene rings is 1. The smallest absolute Gasteiger partial charge is 0.106 e. The number of hydrogen-bond donors (Lipinski definition) is 2. The standard InChI is InChI=1S/C12H16ClNO/c1-2-11-12(15,7-8-14-11)9-3-5-10(13)6-4-9/h3-6,11,14-15H,2,7-8H2,1H3. The Labute approximate surface area is 95.3 Å². The van der Waals surface area contributed by atoms with E-state index in [1.807, 2.05) is 24.3 Å². The van der Waals surface area contributed by atoms with Gasteiger partial charge in [0.25, 0.3) is 0 Å². The van der Waals surface area contributed by atoms with Gasteiger partial charge in [0.05, 0.1) is 0 Å². The van der Waals surface area contributed by atoms with Crippen molar-refractivity contribution in [2.45, 2.75) is 31.4 Å². The molecule has 1 aromatic rings.